The molecule has 110 valence electrons. The van der Waals surface area contributed by atoms with E-state index in [0.717, 1.165) is 27.0 Å². The van der Waals surface area contributed by atoms with Gasteiger partial charge in [0.2, 0.25) is 5.91 Å². The SMILES string of the molecule is Cc1ccc(C)c(NC(=O)CSCc2cccc(Br)c2)c1. The van der Waals surface area contributed by atoms with Gasteiger partial charge in [-0.25, -0.2) is 0 Å². The number of hydrogen-bond donors (Lipinski definition) is 1. The molecule has 2 nitrogen and oxygen atoms in total. The van der Waals surface area contributed by atoms with E-state index in [9.17, 15) is 4.79 Å². The van der Waals surface area contributed by atoms with Crippen LogP contribution in [-0.4, -0.2) is 11.7 Å². The van der Waals surface area contributed by atoms with Gasteiger partial charge in [0.15, 0.2) is 0 Å². The fourth-order valence-electron chi connectivity index (χ4n) is 1.95. The van der Waals surface area contributed by atoms with E-state index in [1.807, 2.05) is 44.2 Å². The van der Waals surface area contributed by atoms with E-state index >= 15 is 0 Å². The summed E-state index contributed by atoms with van der Waals surface area (Å²) in [6.07, 6.45) is 0. The summed E-state index contributed by atoms with van der Waals surface area (Å²) in [5.41, 5.74) is 4.36. The highest BCUT2D eigenvalue weighted by Crippen LogP contribution is 2.19. The lowest BCUT2D eigenvalue weighted by Gasteiger charge is -2.09. The van der Waals surface area contributed by atoms with Gasteiger partial charge in [-0.3, -0.25) is 4.79 Å². The highest BCUT2D eigenvalue weighted by Gasteiger charge is 2.05. The van der Waals surface area contributed by atoms with Crippen molar-refractivity contribution in [2.75, 3.05) is 11.1 Å². The quantitative estimate of drug-likeness (QED) is 0.814. The Balaban J connectivity index is 1.84. The Morgan fingerprint density at radius 3 is 2.76 bits per heavy atom. The molecule has 0 saturated carbocycles. The third kappa shape index (κ3) is 5.21. The third-order valence-corrected chi connectivity index (χ3v) is 4.56. The van der Waals surface area contributed by atoms with Crippen LogP contribution in [0, 0.1) is 13.8 Å². The van der Waals surface area contributed by atoms with Crippen molar-refractivity contribution in [3.05, 3.63) is 63.6 Å². The van der Waals surface area contributed by atoms with Crippen LogP contribution in [0.1, 0.15) is 16.7 Å². The minimum atomic E-state index is 0.0451. The number of rotatable bonds is 5. The van der Waals surface area contributed by atoms with Gasteiger partial charge in [0.1, 0.15) is 0 Å². The van der Waals surface area contributed by atoms with Crippen molar-refractivity contribution in [3.8, 4) is 0 Å². The summed E-state index contributed by atoms with van der Waals surface area (Å²) < 4.78 is 1.07. The summed E-state index contributed by atoms with van der Waals surface area (Å²) in [7, 11) is 0. The second kappa shape index (κ2) is 7.66. The molecule has 0 radical (unpaired) electrons. The van der Waals surface area contributed by atoms with Gasteiger partial charge in [-0.15, -0.1) is 11.8 Å². The second-order valence-corrected chi connectivity index (χ2v) is 6.89. The van der Waals surface area contributed by atoms with Gasteiger partial charge in [-0.1, -0.05) is 40.2 Å². The number of carbonyl (C=O) groups excluding carboxylic acids is 1. The van der Waals surface area contributed by atoms with Crippen molar-refractivity contribution in [2.24, 2.45) is 0 Å². The van der Waals surface area contributed by atoms with Crippen LogP contribution >= 0.6 is 27.7 Å². The topological polar surface area (TPSA) is 29.1 Å². The van der Waals surface area contributed by atoms with Crippen molar-refractivity contribution in [2.45, 2.75) is 19.6 Å². The molecule has 0 aromatic heterocycles. The Labute approximate surface area is 138 Å². The second-order valence-electron chi connectivity index (χ2n) is 4.99. The number of benzene rings is 2. The molecule has 0 aliphatic rings. The number of halogens is 1. The first kappa shape index (κ1) is 16.1. The minimum absolute atomic E-state index is 0.0451. The Morgan fingerprint density at radius 2 is 2.00 bits per heavy atom. The fourth-order valence-corrected chi connectivity index (χ4v) is 3.17. The molecule has 0 fully saturated rings. The predicted octanol–water partition coefficient (Wildman–Crippen LogP) is 4.94. The Kier molecular flexibility index (Phi) is 5.88. The molecule has 0 unspecified atom stereocenters. The van der Waals surface area contributed by atoms with Crippen LogP contribution in [0.5, 0.6) is 0 Å². The van der Waals surface area contributed by atoms with Crippen LogP contribution in [-0.2, 0) is 10.5 Å². The number of hydrogen-bond acceptors (Lipinski definition) is 2. The molecule has 2 rings (SSSR count). The molecule has 2 aromatic rings. The van der Waals surface area contributed by atoms with E-state index in [4.69, 9.17) is 0 Å². The average molecular weight is 364 g/mol. The number of anilines is 1. The molecule has 0 aliphatic carbocycles. The predicted molar refractivity (Wildman–Crippen MR) is 94.8 cm³/mol. The first-order chi connectivity index (χ1) is 10.0. The van der Waals surface area contributed by atoms with Crippen LogP contribution < -0.4 is 5.32 Å². The van der Waals surface area contributed by atoms with E-state index in [1.54, 1.807) is 11.8 Å². The Bertz CT molecular complexity index is 642. The van der Waals surface area contributed by atoms with Crippen LogP contribution in [0.25, 0.3) is 0 Å². The Hall–Kier alpha value is -1.26. The molecule has 4 heteroatoms. The molecule has 0 heterocycles. The van der Waals surface area contributed by atoms with E-state index in [0.29, 0.717) is 5.75 Å². The highest BCUT2D eigenvalue weighted by molar-refractivity contribution is 9.10. The summed E-state index contributed by atoms with van der Waals surface area (Å²) in [6, 6.07) is 14.2. The molecule has 1 N–H and O–H groups in total. The molecule has 0 aliphatic heterocycles. The lowest BCUT2D eigenvalue weighted by molar-refractivity contribution is -0.113. The first-order valence-corrected chi connectivity index (χ1v) is 8.68. The highest BCUT2D eigenvalue weighted by atomic mass is 79.9. The van der Waals surface area contributed by atoms with E-state index in [2.05, 4.69) is 33.4 Å². The van der Waals surface area contributed by atoms with Gasteiger partial charge < -0.3 is 5.32 Å². The van der Waals surface area contributed by atoms with Crippen LogP contribution in [0.15, 0.2) is 46.9 Å². The maximum Gasteiger partial charge on any atom is 0.234 e. The molecule has 2 aromatic carbocycles. The molecule has 21 heavy (non-hydrogen) atoms. The standard InChI is InChI=1S/C17H18BrNOS/c1-12-6-7-13(2)16(8-12)19-17(20)11-21-10-14-4-3-5-15(18)9-14/h3-9H,10-11H2,1-2H3,(H,19,20). The zero-order valence-corrected chi connectivity index (χ0v) is 14.6. The molecule has 0 spiro atoms. The van der Waals surface area contributed by atoms with Crippen molar-refractivity contribution < 1.29 is 4.79 Å². The minimum Gasteiger partial charge on any atom is -0.325 e. The van der Waals surface area contributed by atoms with Crippen molar-refractivity contribution >= 4 is 39.3 Å². The molecule has 1 amide bonds. The Morgan fingerprint density at radius 1 is 1.19 bits per heavy atom. The van der Waals surface area contributed by atoms with E-state index in [-0.39, 0.29) is 5.91 Å². The van der Waals surface area contributed by atoms with Gasteiger partial charge in [0.25, 0.3) is 0 Å². The van der Waals surface area contributed by atoms with Crippen molar-refractivity contribution in [1.29, 1.82) is 0 Å². The average Bonchev–Trinajstić information content (AvgIpc) is 2.43. The van der Waals surface area contributed by atoms with Gasteiger partial charge in [0.05, 0.1) is 5.75 Å². The summed E-state index contributed by atoms with van der Waals surface area (Å²) in [5, 5.41) is 2.98. The van der Waals surface area contributed by atoms with Gasteiger partial charge in [-0.05, 0) is 48.7 Å². The number of thioether (sulfide) groups is 1. The zero-order chi connectivity index (χ0) is 15.2. The molecular weight excluding hydrogens is 346 g/mol. The maximum atomic E-state index is 12.0. The third-order valence-electron chi connectivity index (χ3n) is 3.06. The largest absolute Gasteiger partial charge is 0.325 e. The van der Waals surface area contributed by atoms with Crippen molar-refractivity contribution in [3.63, 3.8) is 0 Å². The maximum absolute atomic E-state index is 12.0. The molecule has 0 bridgehead atoms. The summed E-state index contributed by atoms with van der Waals surface area (Å²) in [4.78, 5) is 12.0. The van der Waals surface area contributed by atoms with Gasteiger partial charge in [-0.2, -0.15) is 0 Å². The lowest BCUT2D eigenvalue weighted by atomic mass is 10.1. The smallest absolute Gasteiger partial charge is 0.234 e. The summed E-state index contributed by atoms with van der Waals surface area (Å²) >= 11 is 5.07. The van der Waals surface area contributed by atoms with Crippen LogP contribution in [0.2, 0.25) is 0 Å². The fraction of sp³-hybridized carbons (Fsp3) is 0.235. The number of amides is 1. The number of nitrogens with one attached hydrogen (secondary N) is 1. The summed E-state index contributed by atoms with van der Waals surface area (Å²) in [5.74, 6) is 1.34. The molecule has 0 saturated heterocycles. The normalized spacial score (nSPS) is 10.4. The molecule has 0 atom stereocenters. The van der Waals surface area contributed by atoms with Gasteiger partial charge >= 0.3 is 0 Å². The zero-order valence-electron chi connectivity index (χ0n) is 12.2. The van der Waals surface area contributed by atoms with Crippen LogP contribution in [0.4, 0.5) is 5.69 Å². The lowest BCUT2D eigenvalue weighted by Crippen LogP contribution is -2.15. The van der Waals surface area contributed by atoms with Crippen LogP contribution in [0.3, 0.4) is 0 Å². The number of carbonyl (C=O) groups is 1. The van der Waals surface area contributed by atoms with E-state index < -0.39 is 0 Å². The number of aryl methyl sites for hydroxylation is 2. The first-order valence-electron chi connectivity index (χ1n) is 6.74. The summed E-state index contributed by atoms with van der Waals surface area (Å²) in [6.45, 7) is 4.03. The van der Waals surface area contributed by atoms with Crippen molar-refractivity contribution in [1.82, 2.24) is 0 Å². The van der Waals surface area contributed by atoms with E-state index in [1.165, 1.54) is 5.56 Å². The molecular formula is C17H18BrNOS. The van der Waals surface area contributed by atoms with Gasteiger partial charge in [0, 0.05) is 15.9 Å². The monoisotopic (exact) mass is 363 g/mol.